The van der Waals surface area contributed by atoms with Gasteiger partial charge in [0.25, 0.3) is 11.8 Å². The number of benzene rings is 1. The topological polar surface area (TPSA) is 105 Å². The van der Waals surface area contributed by atoms with Crippen molar-refractivity contribution in [1.82, 2.24) is 5.32 Å². The number of hydrogen-bond acceptors (Lipinski definition) is 4. The number of ether oxygens (including phenoxy) is 1. The standard InChI is InChI=1S/C17H20N2O5/c20-14-9-24-13-5-4-11(8-12(13)19-14)15(21)18-10-17(16(22)23)6-2-1-3-7-17/h4-5,8H,1-3,6-7,9-10H2,(H,18,21)(H,19,20)(H,22,23). The highest BCUT2D eigenvalue weighted by Crippen LogP contribution is 2.36. The maximum absolute atomic E-state index is 12.4. The second-order valence-corrected chi connectivity index (χ2v) is 6.38. The van der Waals surface area contributed by atoms with Crippen LogP contribution in [-0.4, -0.2) is 36.0 Å². The molecule has 7 nitrogen and oxygen atoms in total. The zero-order valence-electron chi connectivity index (χ0n) is 13.3. The van der Waals surface area contributed by atoms with Crippen molar-refractivity contribution in [2.45, 2.75) is 32.1 Å². The first-order valence-corrected chi connectivity index (χ1v) is 8.08. The lowest BCUT2D eigenvalue weighted by Crippen LogP contribution is -2.44. The van der Waals surface area contributed by atoms with E-state index in [-0.39, 0.29) is 25.0 Å². The lowest BCUT2D eigenvalue weighted by Gasteiger charge is -2.33. The number of hydrogen-bond donors (Lipinski definition) is 3. The Morgan fingerprint density at radius 3 is 2.71 bits per heavy atom. The monoisotopic (exact) mass is 332 g/mol. The quantitative estimate of drug-likeness (QED) is 0.779. The summed E-state index contributed by atoms with van der Waals surface area (Å²) >= 11 is 0. The van der Waals surface area contributed by atoms with Gasteiger partial charge in [-0.3, -0.25) is 14.4 Å². The third kappa shape index (κ3) is 3.20. The normalized spacial score (nSPS) is 18.8. The van der Waals surface area contributed by atoms with Crippen LogP contribution >= 0.6 is 0 Å². The van der Waals surface area contributed by atoms with Crippen LogP contribution in [0.4, 0.5) is 5.69 Å². The smallest absolute Gasteiger partial charge is 0.311 e. The van der Waals surface area contributed by atoms with E-state index in [2.05, 4.69) is 10.6 Å². The third-order valence-corrected chi connectivity index (χ3v) is 4.73. The molecule has 2 amide bonds. The molecule has 1 aromatic rings. The van der Waals surface area contributed by atoms with Gasteiger partial charge in [0.2, 0.25) is 0 Å². The number of carbonyl (C=O) groups is 3. The van der Waals surface area contributed by atoms with Gasteiger partial charge in [-0.2, -0.15) is 0 Å². The van der Waals surface area contributed by atoms with Crippen molar-refractivity contribution < 1.29 is 24.2 Å². The lowest BCUT2D eigenvalue weighted by molar-refractivity contribution is -0.150. The molecule has 0 spiro atoms. The Morgan fingerprint density at radius 1 is 1.25 bits per heavy atom. The van der Waals surface area contributed by atoms with Crippen LogP contribution in [0.15, 0.2) is 18.2 Å². The Kier molecular flexibility index (Phi) is 4.42. The molecule has 1 aliphatic heterocycles. The summed E-state index contributed by atoms with van der Waals surface area (Å²) < 4.78 is 5.25. The number of carbonyl (C=O) groups excluding carboxylic acids is 2. The van der Waals surface area contributed by atoms with Gasteiger partial charge >= 0.3 is 5.97 Å². The first-order valence-electron chi connectivity index (χ1n) is 8.08. The van der Waals surface area contributed by atoms with Gasteiger partial charge in [0.05, 0.1) is 11.1 Å². The molecule has 1 aromatic carbocycles. The van der Waals surface area contributed by atoms with Gasteiger partial charge in [0.15, 0.2) is 6.61 Å². The molecule has 3 N–H and O–H groups in total. The molecular weight excluding hydrogens is 312 g/mol. The van der Waals surface area contributed by atoms with E-state index in [9.17, 15) is 19.5 Å². The molecule has 1 aliphatic carbocycles. The van der Waals surface area contributed by atoms with E-state index in [0.29, 0.717) is 29.8 Å². The molecule has 0 unspecified atom stereocenters. The number of carboxylic acids is 1. The molecule has 3 rings (SSSR count). The molecule has 7 heteroatoms. The van der Waals surface area contributed by atoms with E-state index in [1.165, 1.54) is 6.07 Å². The predicted molar refractivity (Wildman–Crippen MR) is 86.1 cm³/mol. The van der Waals surface area contributed by atoms with E-state index in [0.717, 1.165) is 19.3 Å². The first kappa shape index (κ1) is 16.3. The van der Waals surface area contributed by atoms with Gasteiger partial charge in [-0.05, 0) is 31.0 Å². The number of carboxylic acid groups (broad SMARTS) is 1. The van der Waals surface area contributed by atoms with Crippen LogP contribution in [0.5, 0.6) is 5.75 Å². The van der Waals surface area contributed by atoms with Crippen LogP contribution in [0.2, 0.25) is 0 Å². The van der Waals surface area contributed by atoms with Gasteiger partial charge in [0.1, 0.15) is 5.75 Å². The number of aliphatic carboxylic acids is 1. The molecule has 24 heavy (non-hydrogen) atoms. The van der Waals surface area contributed by atoms with Crippen LogP contribution in [0.25, 0.3) is 0 Å². The van der Waals surface area contributed by atoms with Gasteiger partial charge in [-0.1, -0.05) is 19.3 Å². The van der Waals surface area contributed by atoms with E-state index in [1.807, 2.05) is 0 Å². The summed E-state index contributed by atoms with van der Waals surface area (Å²) in [7, 11) is 0. The van der Waals surface area contributed by atoms with Crippen molar-refractivity contribution in [1.29, 1.82) is 0 Å². The summed E-state index contributed by atoms with van der Waals surface area (Å²) in [6.45, 7) is 0.0702. The summed E-state index contributed by atoms with van der Waals surface area (Å²) in [6, 6.07) is 4.76. The zero-order valence-corrected chi connectivity index (χ0v) is 13.3. The molecule has 0 aromatic heterocycles. The maximum Gasteiger partial charge on any atom is 0.311 e. The number of anilines is 1. The fraction of sp³-hybridized carbons (Fsp3) is 0.471. The first-order chi connectivity index (χ1) is 11.5. The number of rotatable bonds is 4. The van der Waals surface area contributed by atoms with Crippen LogP contribution in [0, 0.1) is 5.41 Å². The molecule has 1 saturated carbocycles. The minimum absolute atomic E-state index is 0.0420. The van der Waals surface area contributed by atoms with E-state index in [1.54, 1.807) is 12.1 Å². The van der Waals surface area contributed by atoms with E-state index >= 15 is 0 Å². The van der Waals surface area contributed by atoms with Crippen LogP contribution in [0.3, 0.4) is 0 Å². The molecular formula is C17H20N2O5. The predicted octanol–water partition coefficient (Wildman–Crippen LogP) is 1.78. The van der Waals surface area contributed by atoms with Crippen LogP contribution in [-0.2, 0) is 9.59 Å². The highest BCUT2D eigenvalue weighted by molar-refractivity contribution is 6.00. The summed E-state index contributed by atoms with van der Waals surface area (Å²) in [5, 5.41) is 14.9. The molecule has 0 atom stereocenters. The summed E-state index contributed by atoms with van der Waals surface area (Å²) in [5.74, 6) is -0.968. The lowest BCUT2D eigenvalue weighted by atomic mass is 9.74. The molecule has 2 aliphatic rings. The Hall–Kier alpha value is -2.57. The van der Waals surface area contributed by atoms with Gasteiger partial charge in [-0.25, -0.2) is 0 Å². The minimum Gasteiger partial charge on any atom is -0.482 e. The van der Waals surface area contributed by atoms with Crippen molar-refractivity contribution in [3.63, 3.8) is 0 Å². The molecule has 128 valence electrons. The van der Waals surface area contributed by atoms with Crippen molar-refractivity contribution >= 4 is 23.5 Å². The Balaban J connectivity index is 1.69. The second-order valence-electron chi connectivity index (χ2n) is 6.38. The highest BCUT2D eigenvalue weighted by atomic mass is 16.5. The van der Waals surface area contributed by atoms with Gasteiger partial charge < -0.3 is 20.5 Å². The summed E-state index contributed by atoms with van der Waals surface area (Å²) in [4.78, 5) is 35.4. The summed E-state index contributed by atoms with van der Waals surface area (Å²) in [5.41, 5.74) is -0.0696. The molecule has 0 saturated heterocycles. The fourth-order valence-electron chi connectivity index (χ4n) is 3.27. The molecule has 1 fully saturated rings. The number of amides is 2. The molecule has 0 radical (unpaired) electrons. The number of nitrogens with one attached hydrogen (secondary N) is 2. The number of fused-ring (bicyclic) bond motifs is 1. The SMILES string of the molecule is O=C1COc2ccc(C(=O)NCC3(C(=O)O)CCCCC3)cc2N1. The average Bonchev–Trinajstić information content (AvgIpc) is 2.59. The van der Waals surface area contributed by atoms with Crippen molar-refractivity contribution in [3.05, 3.63) is 23.8 Å². The average molecular weight is 332 g/mol. The van der Waals surface area contributed by atoms with Crippen LogP contribution in [0.1, 0.15) is 42.5 Å². The minimum atomic E-state index is -0.876. The van der Waals surface area contributed by atoms with E-state index < -0.39 is 11.4 Å². The van der Waals surface area contributed by atoms with Gasteiger partial charge in [-0.15, -0.1) is 0 Å². The highest BCUT2D eigenvalue weighted by Gasteiger charge is 2.39. The fourth-order valence-corrected chi connectivity index (χ4v) is 3.27. The van der Waals surface area contributed by atoms with Crippen molar-refractivity contribution in [2.75, 3.05) is 18.5 Å². The zero-order chi connectivity index (χ0) is 17.2. The Labute approximate surface area is 139 Å². The van der Waals surface area contributed by atoms with Crippen molar-refractivity contribution in [3.8, 4) is 5.75 Å². The molecule has 1 heterocycles. The Bertz CT molecular complexity index is 680. The second kappa shape index (κ2) is 6.51. The molecule has 0 bridgehead atoms. The summed E-state index contributed by atoms with van der Waals surface area (Å²) in [6.07, 6.45) is 3.93. The maximum atomic E-state index is 12.4. The van der Waals surface area contributed by atoms with Crippen LogP contribution < -0.4 is 15.4 Å². The Morgan fingerprint density at radius 2 is 2.00 bits per heavy atom. The van der Waals surface area contributed by atoms with E-state index in [4.69, 9.17) is 4.74 Å². The van der Waals surface area contributed by atoms with Crippen molar-refractivity contribution in [2.24, 2.45) is 5.41 Å². The largest absolute Gasteiger partial charge is 0.482 e. The van der Waals surface area contributed by atoms with Gasteiger partial charge in [0, 0.05) is 12.1 Å². The third-order valence-electron chi connectivity index (χ3n) is 4.73.